The molecule has 1 aliphatic heterocycles. The lowest BCUT2D eigenvalue weighted by atomic mass is 10.1. The van der Waals surface area contributed by atoms with Crippen LogP contribution in [0.15, 0.2) is 53.3 Å². The minimum atomic E-state index is -5.08. The molecule has 1 aliphatic rings. The summed E-state index contributed by atoms with van der Waals surface area (Å²) in [5.74, 6) is -2.07. The van der Waals surface area contributed by atoms with E-state index in [-0.39, 0.29) is 17.0 Å². The van der Waals surface area contributed by atoms with Gasteiger partial charge in [-0.25, -0.2) is 9.59 Å². The molecule has 0 spiro atoms. The molecule has 2 heterocycles. The van der Waals surface area contributed by atoms with Crippen molar-refractivity contribution in [3.8, 4) is 5.69 Å². The Bertz CT molecular complexity index is 1330. The first kappa shape index (κ1) is 26.8. The first-order chi connectivity index (χ1) is 16.9. The smallest absolute Gasteiger partial charge is 0.475 e. The van der Waals surface area contributed by atoms with Crippen molar-refractivity contribution in [1.29, 1.82) is 0 Å². The van der Waals surface area contributed by atoms with Gasteiger partial charge >= 0.3 is 17.8 Å². The van der Waals surface area contributed by atoms with Crippen molar-refractivity contribution in [2.75, 3.05) is 11.1 Å². The quantitative estimate of drug-likeness (QED) is 0.383. The maximum atomic E-state index is 12.3. The molecule has 1 fully saturated rings. The number of amides is 1. The molecule has 0 radical (unpaired) electrons. The van der Waals surface area contributed by atoms with Crippen LogP contribution in [0.1, 0.15) is 16.8 Å². The lowest BCUT2D eigenvalue weighted by molar-refractivity contribution is -0.192. The second-order valence-corrected chi connectivity index (χ2v) is 8.69. The number of carboxylic acids is 1. The van der Waals surface area contributed by atoms with Crippen molar-refractivity contribution in [3.63, 3.8) is 0 Å². The van der Waals surface area contributed by atoms with Crippen molar-refractivity contribution in [3.05, 3.63) is 69.6 Å². The average molecular weight is 544 g/mol. The fourth-order valence-electron chi connectivity index (χ4n) is 2.87. The fourth-order valence-corrected chi connectivity index (χ4v) is 3.99. The van der Waals surface area contributed by atoms with Crippen LogP contribution in [-0.4, -0.2) is 54.8 Å². The number of benzene rings is 2. The third-order valence-corrected chi connectivity index (χ3v) is 5.81. The van der Waals surface area contributed by atoms with E-state index < -0.39 is 23.9 Å². The molecule has 4 rings (SSSR count). The summed E-state index contributed by atoms with van der Waals surface area (Å²) < 4.78 is 32.9. The van der Waals surface area contributed by atoms with Crippen LogP contribution in [0.2, 0.25) is 5.02 Å². The van der Waals surface area contributed by atoms with Crippen LogP contribution in [0.3, 0.4) is 0 Å². The number of hydrogen-bond acceptors (Lipinski definition) is 7. The van der Waals surface area contributed by atoms with Crippen LogP contribution in [0, 0.1) is 0 Å². The van der Waals surface area contributed by atoms with Gasteiger partial charge in [0.1, 0.15) is 0 Å². The van der Waals surface area contributed by atoms with E-state index in [2.05, 4.69) is 20.7 Å². The van der Waals surface area contributed by atoms with E-state index in [0.29, 0.717) is 28.4 Å². The Morgan fingerprint density at radius 3 is 2.39 bits per heavy atom. The molecule has 2 aromatic carbocycles. The van der Waals surface area contributed by atoms with Crippen LogP contribution < -0.4 is 16.3 Å². The topological polar surface area (TPSA) is 146 Å². The van der Waals surface area contributed by atoms with Crippen LogP contribution in [0.4, 0.5) is 24.8 Å². The summed E-state index contributed by atoms with van der Waals surface area (Å²) in [7, 11) is 0. The fraction of sp³-hybridized carbons (Fsp3) is 0.190. The number of anilines is 2. The lowest BCUT2D eigenvalue weighted by Gasteiger charge is -2.10. The molecule has 0 bridgehead atoms. The number of nitrogens with one attached hydrogen (secondary N) is 3. The van der Waals surface area contributed by atoms with Gasteiger partial charge in [0.05, 0.1) is 11.7 Å². The molecule has 10 nitrogen and oxygen atoms in total. The number of aromatic nitrogens is 3. The second-order valence-electron chi connectivity index (χ2n) is 7.16. The Balaban J connectivity index is 0.000000454. The summed E-state index contributed by atoms with van der Waals surface area (Å²) in [5.41, 5.74) is 1.21. The van der Waals surface area contributed by atoms with E-state index in [0.717, 1.165) is 5.75 Å². The van der Waals surface area contributed by atoms with Crippen molar-refractivity contribution in [2.24, 2.45) is 0 Å². The SMILES string of the molecule is O=C(N[C@@H]1CCSC1=O)c1ccc(Nc2nn(-c3cccc(Cl)c3)c(=O)[nH]2)cc1.O=C(O)C(F)(F)F. The molecule has 15 heteroatoms. The molecule has 1 atom stereocenters. The molecule has 0 saturated carbocycles. The second kappa shape index (κ2) is 11.3. The van der Waals surface area contributed by atoms with Gasteiger partial charge in [-0.1, -0.05) is 29.4 Å². The van der Waals surface area contributed by atoms with Gasteiger partial charge in [0, 0.05) is 22.0 Å². The molecule has 1 saturated heterocycles. The highest BCUT2D eigenvalue weighted by Gasteiger charge is 2.38. The van der Waals surface area contributed by atoms with Crippen LogP contribution >= 0.6 is 23.4 Å². The van der Waals surface area contributed by atoms with E-state index >= 15 is 0 Å². The number of nitrogens with zero attached hydrogens (tertiary/aromatic N) is 2. The van der Waals surface area contributed by atoms with Crippen molar-refractivity contribution in [1.82, 2.24) is 20.1 Å². The molecule has 0 unspecified atom stereocenters. The predicted molar refractivity (Wildman–Crippen MR) is 126 cm³/mol. The van der Waals surface area contributed by atoms with Crippen molar-refractivity contribution < 1.29 is 32.7 Å². The number of hydrogen-bond donors (Lipinski definition) is 4. The third-order valence-electron chi connectivity index (χ3n) is 4.56. The number of rotatable bonds is 5. The van der Waals surface area contributed by atoms with E-state index in [9.17, 15) is 27.6 Å². The number of H-pyrrole nitrogens is 1. The predicted octanol–water partition coefficient (Wildman–Crippen LogP) is 3.35. The number of carbonyl (C=O) groups is 3. The minimum Gasteiger partial charge on any atom is -0.475 e. The summed E-state index contributed by atoms with van der Waals surface area (Å²) in [5, 5.41) is 17.6. The largest absolute Gasteiger partial charge is 0.490 e. The third kappa shape index (κ3) is 7.11. The highest BCUT2D eigenvalue weighted by molar-refractivity contribution is 8.14. The standard InChI is InChI=1S/C19H16ClN5O3S.C2HF3O2/c20-12-2-1-3-14(10-12)25-19(28)23-18(24-25)21-13-6-4-11(5-7-13)16(26)22-15-8-9-29-17(15)27;3-2(4,5)1(6)7/h1-7,10,15H,8-9H2,(H,22,26)(H2,21,23,24,28);(H,6,7)/t15-;/m1./s1. The normalized spacial score (nSPS) is 15.1. The van der Waals surface area contributed by atoms with Gasteiger partial charge in [-0.05, 0) is 48.9 Å². The number of alkyl halides is 3. The maximum Gasteiger partial charge on any atom is 0.490 e. The monoisotopic (exact) mass is 543 g/mol. The molecule has 1 amide bonds. The van der Waals surface area contributed by atoms with Gasteiger partial charge < -0.3 is 15.7 Å². The van der Waals surface area contributed by atoms with Gasteiger partial charge in [-0.3, -0.25) is 14.6 Å². The zero-order chi connectivity index (χ0) is 26.5. The summed E-state index contributed by atoms with van der Waals surface area (Å²) in [6, 6.07) is 13.0. The Morgan fingerprint density at radius 2 is 1.83 bits per heavy atom. The Hall–Kier alpha value is -3.78. The molecule has 3 aromatic rings. The number of aliphatic carboxylic acids is 1. The van der Waals surface area contributed by atoms with E-state index in [1.54, 1.807) is 48.5 Å². The highest BCUT2D eigenvalue weighted by Crippen LogP contribution is 2.20. The summed E-state index contributed by atoms with van der Waals surface area (Å²) in [6.07, 6.45) is -4.43. The van der Waals surface area contributed by atoms with Crippen molar-refractivity contribution in [2.45, 2.75) is 18.6 Å². The Morgan fingerprint density at radius 1 is 1.17 bits per heavy atom. The van der Waals surface area contributed by atoms with E-state index in [4.69, 9.17) is 21.5 Å². The first-order valence-electron chi connectivity index (χ1n) is 10.0. The van der Waals surface area contributed by atoms with Gasteiger partial charge in [-0.2, -0.15) is 17.9 Å². The van der Waals surface area contributed by atoms with E-state index in [1.165, 1.54) is 16.4 Å². The molecule has 1 aromatic heterocycles. The number of halogens is 4. The summed E-state index contributed by atoms with van der Waals surface area (Å²) in [6.45, 7) is 0. The zero-order valence-electron chi connectivity index (χ0n) is 18.0. The highest BCUT2D eigenvalue weighted by atomic mass is 35.5. The molecular formula is C21H17ClF3N5O5S. The van der Waals surface area contributed by atoms with E-state index in [1.807, 2.05) is 0 Å². The molecule has 4 N–H and O–H groups in total. The van der Waals surface area contributed by atoms with Gasteiger partial charge in [0.2, 0.25) is 11.1 Å². The van der Waals surface area contributed by atoms with Gasteiger partial charge in [0.15, 0.2) is 0 Å². The van der Waals surface area contributed by atoms with Crippen LogP contribution in [0.25, 0.3) is 5.69 Å². The van der Waals surface area contributed by atoms with Gasteiger partial charge in [0.25, 0.3) is 5.91 Å². The molecule has 36 heavy (non-hydrogen) atoms. The van der Waals surface area contributed by atoms with Crippen LogP contribution in [0.5, 0.6) is 0 Å². The number of aromatic amines is 1. The lowest BCUT2D eigenvalue weighted by Crippen LogP contribution is -2.37. The maximum absolute atomic E-state index is 12.3. The minimum absolute atomic E-state index is 0.00381. The first-order valence-corrected chi connectivity index (χ1v) is 11.4. The number of carboxylic acid groups (broad SMARTS) is 1. The molecule has 0 aliphatic carbocycles. The van der Waals surface area contributed by atoms with Gasteiger partial charge in [-0.15, -0.1) is 5.10 Å². The van der Waals surface area contributed by atoms with Crippen LogP contribution in [-0.2, 0) is 9.59 Å². The Labute approximate surface area is 209 Å². The summed E-state index contributed by atoms with van der Waals surface area (Å²) in [4.78, 5) is 47.6. The number of carbonyl (C=O) groups excluding carboxylic acids is 2. The van der Waals surface area contributed by atoms with Crippen molar-refractivity contribution >= 4 is 52.0 Å². The molecular weight excluding hydrogens is 527 g/mol. The summed E-state index contributed by atoms with van der Waals surface area (Å²) >= 11 is 7.20. The molecule has 190 valence electrons. The number of thioether (sulfide) groups is 1. The Kier molecular flexibility index (Phi) is 8.42. The average Bonchev–Trinajstić information content (AvgIpc) is 3.38. The zero-order valence-corrected chi connectivity index (χ0v) is 19.6.